The van der Waals surface area contributed by atoms with Gasteiger partial charge in [-0.2, -0.15) is 0 Å². The monoisotopic (exact) mass is 218 g/mol. The maximum absolute atomic E-state index is 10.9. The summed E-state index contributed by atoms with van der Waals surface area (Å²) in [7, 11) is -2.92. The molecule has 1 heterocycles. The standard InChI is InChI=1S/C8H14N2O3S/c1-7(6-14(2,11)12)9-5-8-3-4-10-13-8/h3-4,7,9H,5-6H2,1-2H3. The molecule has 5 nitrogen and oxygen atoms in total. The van der Waals surface area contributed by atoms with E-state index >= 15 is 0 Å². The molecule has 0 aliphatic heterocycles. The molecule has 1 rings (SSSR count). The van der Waals surface area contributed by atoms with Gasteiger partial charge in [0.1, 0.15) is 15.6 Å². The van der Waals surface area contributed by atoms with E-state index in [0.29, 0.717) is 12.3 Å². The fourth-order valence-corrected chi connectivity index (χ4v) is 2.15. The van der Waals surface area contributed by atoms with Crippen molar-refractivity contribution in [3.05, 3.63) is 18.0 Å². The number of hydrogen-bond donors (Lipinski definition) is 1. The number of nitrogens with zero attached hydrogens (tertiary/aromatic N) is 1. The van der Waals surface area contributed by atoms with Gasteiger partial charge in [-0.05, 0) is 6.92 Å². The zero-order valence-electron chi connectivity index (χ0n) is 8.23. The van der Waals surface area contributed by atoms with Crippen molar-refractivity contribution in [1.82, 2.24) is 10.5 Å². The lowest BCUT2D eigenvalue weighted by molar-refractivity contribution is 0.367. The Morgan fingerprint density at radius 2 is 2.36 bits per heavy atom. The van der Waals surface area contributed by atoms with Crippen LogP contribution in [0.4, 0.5) is 0 Å². The topological polar surface area (TPSA) is 72.2 Å². The molecule has 0 spiro atoms. The molecule has 0 aliphatic rings. The Morgan fingerprint density at radius 3 is 2.86 bits per heavy atom. The second kappa shape index (κ2) is 4.56. The molecular weight excluding hydrogens is 204 g/mol. The molecule has 1 N–H and O–H groups in total. The van der Waals surface area contributed by atoms with Gasteiger partial charge in [0.25, 0.3) is 0 Å². The van der Waals surface area contributed by atoms with E-state index in [0.717, 1.165) is 0 Å². The summed E-state index contributed by atoms with van der Waals surface area (Å²) in [5.41, 5.74) is 0. The summed E-state index contributed by atoms with van der Waals surface area (Å²) in [4.78, 5) is 0. The van der Waals surface area contributed by atoms with E-state index in [1.165, 1.54) is 6.26 Å². The minimum Gasteiger partial charge on any atom is -0.360 e. The van der Waals surface area contributed by atoms with Crippen LogP contribution in [0.3, 0.4) is 0 Å². The van der Waals surface area contributed by atoms with Crippen LogP contribution in [0.15, 0.2) is 16.8 Å². The van der Waals surface area contributed by atoms with Crippen molar-refractivity contribution in [1.29, 1.82) is 0 Å². The summed E-state index contributed by atoms with van der Waals surface area (Å²) in [5, 5.41) is 6.57. The third-order valence-corrected chi connectivity index (χ3v) is 2.77. The second-order valence-electron chi connectivity index (χ2n) is 3.35. The Hall–Kier alpha value is -0.880. The van der Waals surface area contributed by atoms with Crippen molar-refractivity contribution >= 4 is 9.84 Å². The molecule has 0 bridgehead atoms. The summed E-state index contributed by atoms with van der Waals surface area (Å²) in [6.45, 7) is 2.31. The Morgan fingerprint density at radius 1 is 1.64 bits per heavy atom. The molecule has 1 aromatic heterocycles. The molecule has 14 heavy (non-hydrogen) atoms. The van der Waals surface area contributed by atoms with Gasteiger partial charge < -0.3 is 9.84 Å². The summed E-state index contributed by atoms with van der Waals surface area (Å²) >= 11 is 0. The molecule has 1 unspecified atom stereocenters. The van der Waals surface area contributed by atoms with Gasteiger partial charge in [0.15, 0.2) is 0 Å². The minimum atomic E-state index is -2.92. The lowest BCUT2D eigenvalue weighted by Crippen LogP contribution is -2.32. The van der Waals surface area contributed by atoms with Crippen molar-refractivity contribution < 1.29 is 12.9 Å². The van der Waals surface area contributed by atoms with Crippen molar-refractivity contribution in [2.24, 2.45) is 0 Å². The molecule has 0 radical (unpaired) electrons. The number of aromatic nitrogens is 1. The van der Waals surface area contributed by atoms with Crippen LogP contribution in [0.1, 0.15) is 12.7 Å². The molecule has 0 fully saturated rings. The highest BCUT2D eigenvalue weighted by Crippen LogP contribution is 1.97. The fraction of sp³-hybridized carbons (Fsp3) is 0.625. The largest absolute Gasteiger partial charge is 0.360 e. The molecule has 0 aliphatic carbocycles. The van der Waals surface area contributed by atoms with Gasteiger partial charge in [-0.3, -0.25) is 0 Å². The number of nitrogens with one attached hydrogen (secondary N) is 1. The maximum Gasteiger partial charge on any atom is 0.150 e. The summed E-state index contributed by atoms with van der Waals surface area (Å²) in [5.74, 6) is 0.826. The van der Waals surface area contributed by atoms with Gasteiger partial charge in [-0.15, -0.1) is 0 Å². The smallest absolute Gasteiger partial charge is 0.150 e. The van der Waals surface area contributed by atoms with E-state index in [1.807, 2.05) is 6.92 Å². The Balaban J connectivity index is 2.32. The zero-order chi connectivity index (χ0) is 10.6. The first-order valence-electron chi connectivity index (χ1n) is 4.28. The lowest BCUT2D eigenvalue weighted by atomic mass is 10.3. The molecule has 0 aromatic carbocycles. The van der Waals surface area contributed by atoms with Crippen molar-refractivity contribution in [2.75, 3.05) is 12.0 Å². The fourth-order valence-electron chi connectivity index (χ4n) is 1.12. The number of sulfone groups is 1. The van der Waals surface area contributed by atoms with Gasteiger partial charge >= 0.3 is 0 Å². The molecule has 0 saturated heterocycles. The van der Waals surface area contributed by atoms with E-state index in [-0.39, 0.29) is 11.8 Å². The van der Waals surface area contributed by atoms with Gasteiger partial charge in [0.05, 0.1) is 18.5 Å². The van der Waals surface area contributed by atoms with E-state index < -0.39 is 9.84 Å². The average molecular weight is 218 g/mol. The average Bonchev–Trinajstić information content (AvgIpc) is 2.49. The molecule has 0 saturated carbocycles. The van der Waals surface area contributed by atoms with E-state index in [4.69, 9.17) is 4.52 Å². The summed E-state index contributed by atoms with van der Waals surface area (Å²) in [6, 6.07) is 1.65. The third-order valence-electron chi connectivity index (χ3n) is 1.67. The highest BCUT2D eigenvalue weighted by atomic mass is 32.2. The highest BCUT2D eigenvalue weighted by Gasteiger charge is 2.10. The third kappa shape index (κ3) is 4.38. The van der Waals surface area contributed by atoms with Crippen LogP contribution >= 0.6 is 0 Å². The first-order chi connectivity index (χ1) is 6.47. The van der Waals surface area contributed by atoms with Gasteiger partial charge in [-0.25, -0.2) is 8.42 Å². The molecule has 1 atom stereocenters. The summed E-state index contributed by atoms with van der Waals surface area (Å²) in [6.07, 6.45) is 2.78. The Kier molecular flexibility index (Phi) is 3.65. The van der Waals surface area contributed by atoms with Gasteiger partial charge in [0, 0.05) is 18.4 Å². The van der Waals surface area contributed by atoms with Crippen LogP contribution < -0.4 is 5.32 Å². The maximum atomic E-state index is 10.9. The molecule has 6 heteroatoms. The first kappa shape index (κ1) is 11.2. The predicted octanol–water partition coefficient (Wildman–Crippen LogP) is 0.197. The van der Waals surface area contributed by atoms with Gasteiger partial charge in [0.2, 0.25) is 0 Å². The van der Waals surface area contributed by atoms with E-state index in [2.05, 4.69) is 10.5 Å². The molecular formula is C8H14N2O3S. The lowest BCUT2D eigenvalue weighted by Gasteiger charge is -2.10. The van der Waals surface area contributed by atoms with Crippen molar-refractivity contribution in [2.45, 2.75) is 19.5 Å². The quantitative estimate of drug-likeness (QED) is 0.764. The Bertz CT molecular complexity index is 358. The molecule has 80 valence electrons. The van der Waals surface area contributed by atoms with Crippen molar-refractivity contribution in [3.8, 4) is 0 Å². The second-order valence-corrected chi connectivity index (χ2v) is 5.54. The SMILES string of the molecule is CC(CS(C)(=O)=O)NCc1ccno1. The van der Waals surface area contributed by atoms with Gasteiger partial charge in [-0.1, -0.05) is 5.16 Å². The van der Waals surface area contributed by atoms with E-state index in [1.54, 1.807) is 12.3 Å². The van der Waals surface area contributed by atoms with Crippen LogP contribution in [0, 0.1) is 0 Å². The zero-order valence-corrected chi connectivity index (χ0v) is 9.04. The van der Waals surface area contributed by atoms with E-state index in [9.17, 15) is 8.42 Å². The van der Waals surface area contributed by atoms with Crippen LogP contribution in [-0.4, -0.2) is 31.6 Å². The normalized spacial score (nSPS) is 14.1. The number of hydrogen-bond acceptors (Lipinski definition) is 5. The van der Waals surface area contributed by atoms with Crippen molar-refractivity contribution in [3.63, 3.8) is 0 Å². The first-order valence-corrected chi connectivity index (χ1v) is 6.34. The Labute approximate surface area is 83.4 Å². The molecule has 1 aromatic rings. The number of rotatable bonds is 5. The predicted molar refractivity (Wildman–Crippen MR) is 52.5 cm³/mol. The molecule has 0 amide bonds. The highest BCUT2D eigenvalue weighted by molar-refractivity contribution is 7.90. The summed E-state index contributed by atoms with van der Waals surface area (Å²) < 4.78 is 26.7. The van der Waals surface area contributed by atoms with Crippen LogP contribution in [0.2, 0.25) is 0 Å². The van der Waals surface area contributed by atoms with Crippen LogP contribution in [0.5, 0.6) is 0 Å². The van der Waals surface area contributed by atoms with Crippen LogP contribution in [0.25, 0.3) is 0 Å². The van der Waals surface area contributed by atoms with Crippen LogP contribution in [-0.2, 0) is 16.4 Å². The minimum absolute atomic E-state index is 0.0879.